The lowest BCUT2D eigenvalue weighted by Gasteiger charge is -2.72. The van der Waals surface area contributed by atoms with Gasteiger partial charge in [-0.25, -0.2) is 0 Å². The Morgan fingerprint density at radius 2 is 1.50 bits per heavy atom. The molecule has 0 unspecified atom stereocenters. The molecule has 10 atom stereocenters. The number of nitrogens with two attached hydrogens (primary N) is 1. The smallest absolute Gasteiger partial charge is 0.309 e. The molecule has 0 bridgehead atoms. The van der Waals surface area contributed by atoms with Gasteiger partial charge < -0.3 is 15.8 Å². The number of Topliss-reactive ketones (excluding diaryl/α,β-unsaturated/α-hetero) is 1. The number of carbonyl (C=O) groups excluding carboxylic acids is 3. The van der Waals surface area contributed by atoms with Crippen molar-refractivity contribution in [3.63, 3.8) is 0 Å². The molecule has 308 valence electrons. The molecule has 0 radical (unpaired) electrons. The number of fused-ring (bicyclic) bond motifs is 7. The number of hydrogen-bond acceptors (Lipinski definition) is 5. The van der Waals surface area contributed by atoms with E-state index in [0.29, 0.717) is 24.2 Å². The average molecular weight is 767 g/mol. The molecule has 0 spiro atoms. The highest BCUT2D eigenvalue weighted by molar-refractivity contribution is 6.02. The maximum atomic E-state index is 14.2. The van der Waals surface area contributed by atoms with Crippen molar-refractivity contribution >= 4 is 17.7 Å². The molecule has 6 saturated carbocycles. The molecule has 0 heterocycles. The quantitative estimate of drug-likeness (QED) is 0.269. The average Bonchev–Trinajstić information content (AvgIpc) is 3.43. The molecule has 0 aliphatic heterocycles. The summed E-state index contributed by atoms with van der Waals surface area (Å²) >= 11 is 0. The first-order valence-electron chi connectivity index (χ1n) is 22.9. The minimum absolute atomic E-state index is 0.0169. The maximum Gasteiger partial charge on any atom is 0.309 e. The van der Waals surface area contributed by atoms with Gasteiger partial charge in [0.25, 0.3) is 0 Å². The van der Waals surface area contributed by atoms with Crippen molar-refractivity contribution in [2.45, 2.75) is 182 Å². The molecule has 8 rings (SSSR count). The first-order valence-corrected chi connectivity index (χ1v) is 22.9. The molecule has 1 amide bonds. The molecule has 6 heteroatoms. The van der Waals surface area contributed by atoms with E-state index in [1.807, 2.05) is 0 Å². The molecule has 6 nitrogen and oxygen atoms in total. The van der Waals surface area contributed by atoms with Gasteiger partial charge in [0.1, 0.15) is 6.10 Å². The fourth-order valence-corrected chi connectivity index (χ4v) is 15.6. The Kier molecular flexibility index (Phi) is 9.74. The Morgan fingerprint density at radius 1 is 0.804 bits per heavy atom. The van der Waals surface area contributed by atoms with Crippen LogP contribution in [-0.2, 0) is 25.5 Å². The van der Waals surface area contributed by atoms with Gasteiger partial charge in [-0.05, 0) is 145 Å². The molecular formula is C50H74N2O4. The highest BCUT2D eigenvalue weighted by Gasteiger charge is 2.70. The van der Waals surface area contributed by atoms with E-state index in [-0.39, 0.29) is 68.6 Å². The normalized spacial score (nSPS) is 42.1. The van der Waals surface area contributed by atoms with Crippen LogP contribution in [0.4, 0.5) is 0 Å². The Bertz CT molecular complexity index is 1770. The van der Waals surface area contributed by atoms with Gasteiger partial charge >= 0.3 is 5.97 Å². The van der Waals surface area contributed by atoms with Crippen molar-refractivity contribution in [2.24, 2.45) is 68.3 Å². The van der Waals surface area contributed by atoms with Gasteiger partial charge in [0.2, 0.25) is 5.91 Å². The Balaban J connectivity index is 1.02. The lowest BCUT2D eigenvalue weighted by molar-refractivity contribution is -0.235. The standard InChI is InChI=1S/C50H74N2O4/c1-31(2)40-36(53)30-50(52-43(55)49(51)22-14-11-15-23-49)27-26-47(8)34(41(40)50)18-19-38-46(7)24-21-39(45(5,6)37(46)20-25-48(38,47)9)56-42(54)35-29-33(44(35,3)4)28-32-16-12-10-13-17-32/h10,12-13,16-17,31,33-35,37-39H,11,14-15,18-30,51H2,1-9H3,(H,52,55)/t33-,34-,35-,37+,38-,39+,46+,47-,48-,50-/m1/s1. The molecule has 56 heavy (non-hydrogen) atoms. The van der Waals surface area contributed by atoms with Crippen molar-refractivity contribution in [3.05, 3.63) is 47.0 Å². The third-order valence-electron chi connectivity index (χ3n) is 19.3. The first kappa shape index (κ1) is 40.3. The number of esters is 1. The largest absolute Gasteiger partial charge is 0.462 e. The second-order valence-corrected chi connectivity index (χ2v) is 22.7. The summed E-state index contributed by atoms with van der Waals surface area (Å²) in [4.78, 5) is 42.3. The predicted octanol–water partition coefficient (Wildman–Crippen LogP) is 10.3. The van der Waals surface area contributed by atoms with E-state index in [4.69, 9.17) is 10.5 Å². The van der Waals surface area contributed by atoms with Crippen LogP contribution in [0.1, 0.15) is 164 Å². The molecule has 3 N–H and O–H groups in total. The van der Waals surface area contributed by atoms with Crippen LogP contribution in [-0.4, -0.2) is 34.8 Å². The zero-order valence-electron chi connectivity index (χ0n) is 36.5. The van der Waals surface area contributed by atoms with Gasteiger partial charge in [-0.2, -0.15) is 0 Å². The van der Waals surface area contributed by atoms with Crippen molar-refractivity contribution in [3.8, 4) is 0 Å². The third kappa shape index (κ3) is 5.81. The van der Waals surface area contributed by atoms with Crippen molar-refractivity contribution < 1.29 is 19.1 Å². The molecule has 0 saturated heterocycles. The first-order chi connectivity index (χ1) is 26.2. The Labute approximate surface area is 338 Å². The van der Waals surface area contributed by atoms with E-state index in [1.165, 1.54) is 11.1 Å². The van der Waals surface area contributed by atoms with Crippen LogP contribution in [0, 0.1) is 62.6 Å². The molecule has 7 aliphatic carbocycles. The molecular weight excluding hydrogens is 693 g/mol. The van der Waals surface area contributed by atoms with Gasteiger partial charge in [0, 0.05) is 11.8 Å². The van der Waals surface area contributed by atoms with Crippen molar-refractivity contribution in [1.82, 2.24) is 5.32 Å². The zero-order chi connectivity index (χ0) is 40.3. The van der Waals surface area contributed by atoms with Gasteiger partial charge in [-0.1, -0.05) is 112 Å². The van der Waals surface area contributed by atoms with Crippen LogP contribution in [0.3, 0.4) is 0 Å². The fourth-order valence-electron chi connectivity index (χ4n) is 15.6. The van der Waals surface area contributed by atoms with Crippen molar-refractivity contribution in [2.75, 3.05) is 0 Å². The summed E-state index contributed by atoms with van der Waals surface area (Å²) in [6.45, 7) is 21.5. The van der Waals surface area contributed by atoms with E-state index in [1.54, 1.807) is 0 Å². The highest BCUT2D eigenvalue weighted by Crippen LogP contribution is 2.76. The van der Waals surface area contributed by atoms with Gasteiger partial charge in [0.05, 0.1) is 17.0 Å². The van der Waals surface area contributed by atoms with Crippen LogP contribution in [0.15, 0.2) is 41.5 Å². The Morgan fingerprint density at radius 3 is 2.16 bits per heavy atom. The van der Waals surface area contributed by atoms with E-state index >= 15 is 0 Å². The summed E-state index contributed by atoms with van der Waals surface area (Å²) < 4.78 is 6.67. The van der Waals surface area contributed by atoms with Crippen LogP contribution in [0.25, 0.3) is 0 Å². The molecule has 7 aliphatic rings. The molecule has 6 fully saturated rings. The number of rotatable bonds is 7. The number of amides is 1. The van der Waals surface area contributed by atoms with E-state index in [9.17, 15) is 14.4 Å². The molecule has 1 aromatic rings. The van der Waals surface area contributed by atoms with E-state index in [2.05, 4.69) is 98.0 Å². The van der Waals surface area contributed by atoms with Crippen LogP contribution >= 0.6 is 0 Å². The van der Waals surface area contributed by atoms with Gasteiger partial charge in [-0.3, -0.25) is 14.4 Å². The number of carbonyl (C=O) groups is 3. The van der Waals surface area contributed by atoms with Crippen LogP contribution < -0.4 is 11.1 Å². The summed E-state index contributed by atoms with van der Waals surface area (Å²) in [7, 11) is 0. The summed E-state index contributed by atoms with van der Waals surface area (Å²) in [5.74, 6) is 2.09. The zero-order valence-corrected chi connectivity index (χ0v) is 36.5. The lowest BCUT2D eigenvalue weighted by Crippen LogP contribution is -2.68. The van der Waals surface area contributed by atoms with E-state index in [0.717, 1.165) is 102 Å². The second kappa shape index (κ2) is 13.5. The second-order valence-electron chi connectivity index (χ2n) is 22.7. The van der Waals surface area contributed by atoms with Gasteiger partial charge in [-0.15, -0.1) is 0 Å². The number of hydrogen-bond donors (Lipinski definition) is 2. The number of nitrogens with one attached hydrogen (secondary N) is 1. The van der Waals surface area contributed by atoms with Crippen LogP contribution in [0.5, 0.6) is 0 Å². The van der Waals surface area contributed by atoms with Crippen molar-refractivity contribution in [1.29, 1.82) is 0 Å². The molecule has 1 aromatic carbocycles. The minimum Gasteiger partial charge on any atom is -0.462 e. The number of ether oxygens (including phenoxy) is 1. The highest BCUT2D eigenvalue weighted by atomic mass is 16.5. The molecule has 0 aromatic heterocycles. The number of allylic oxidation sites excluding steroid dienone is 1. The topological polar surface area (TPSA) is 98.5 Å². The minimum atomic E-state index is -0.835. The van der Waals surface area contributed by atoms with Gasteiger partial charge in [0.15, 0.2) is 5.78 Å². The summed E-state index contributed by atoms with van der Waals surface area (Å²) in [5, 5.41) is 3.59. The van der Waals surface area contributed by atoms with Crippen LogP contribution in [0.2, 0.25) is 0 Å². The maximum absolute atomic E-state index is 14.2. The number of benzene rings is 1. The monoisotopic (exact) mass is 767 g/mol. The Hall–Kier alpha value is -2.47. The lowest BCUT2D eigenvalue weighted by atomic mass is 9.33. The summed E-state index contributed by atoms with van der Waals surface area (Å²) in [5.41, 5.74) is 9.12. The number of ketones is 1. The summed E-state index contributed by atoms with van der Waals surface area (Å²) in [6, 6.07) is 10.7. The third-order valence-corrected chi connectivity index (χ3v) is 19.3. The fraction of sp³-hybridized carbons (Fsp3) is 0.780. The predicted molar refractivity (Wildman–Crippen MR) is 223 cm³/mol. The van der Waals surface area contributed by atoms with E-state index < -0.39 is 11.1 Å². The SMILES string of the molecule is CC(C)C1=C2[C@H]3CC[C@@H]4[C@@]5(C)CC[C@H](OC(=O)[C@H]6C[C@@H](Cc7ccccc7)C6(C)C)C(C)(C)[C@@H]5CC[C@@]4(C)[C@]3(C)CC[C@@]2(NC(=O)C2(N)CCCCC2)CC1=O. The summed E-state index contributed by atoms with van der Waals surface area (Å²) in [6.07, 6.45) is 15.1.